The van der Waals surface area contributed by atoms with Crippen molar-refractivity contribution >= 4 is 17.7 Å². The molecule has 0 unspecified atom stereocenters. The molecule has 0 spiro atoms. The molecule has 1 aliphatic rings. The summed E-state index contributed by atoms with van der Waals surface area (Å²) in [6, 6.07) is 0.454. The Morgan fingerprint density at radius 3 is 2.63 bits per heavy atom. The van der Waals surface area contributed by atoms with Crippen molar-refractivity contribution in [3.8, 4) is 0 Å². The van der Waals surface area contributed by atoms with E-state index in [1.807, 2.05) is 9.58 Å². The zero-order valence-corrected chi connectivity index (χ0v) is 12.4. The number of amides is 1. The minimum absolute atomic E-state index is 0.180. The third-order valence-electron chi connectivity index (χ3n) is 3.02. The highest BCUT2D eigenvalue weighted by atomic mass is 32.2. The summed E-state index contributed by atoms with van der Waals surface area (Å²) in [6.07, 6.45) is 4.28. The second-order valence-electron chi connectivity index (χ2n) is 4.81. The summed E-state index contributed by atoms with van der Waals surface area (Å²) in [4.78, 5) is 14.1. The van der Waals surface area contributed by atoms with Crippen LogP contribution in [0.1, 0.15) is 45.6 Å². The number of tetrazole rings is 1. The van der Waals surface area contributed by atoms with Crippen LogP contribution in [0, 0.1) is 0 Å². The molecule has 7 heteroatoms. The Kier molecular flexibility index (Phi) is 5.18. The number of thioether (sulfide) groups is 1. The van der Waals surface area contributed by atoms with E-state index in [0.717, 1.165) is 43.9 Å². The van der Waals surface area contributed by atoms with Gasteiger partial charge in [0.05, 0.1) is 11.8 Å². The summed E-state index contributed by atoms with van der Waals surface area (Å²) in [5, 5.41) is 12.4. The van der Waals surface area contributed by atoms with Crippen molar-refractivity contribution in [2.75, 3.05) is 18.8 Å². The van der Waals surface area contributed by atoms with E-state index in [0.29, 0.717) is 11.8 Å². The van der Waals surface area contributed by atoms with Gasteiger partial charge in [0.15, 0.2) is 0 Å². The van der Waals surface area contributed by atoms with E-state index in [1.54, 1.807) is 0 Å². The molecule has 0 N–H and O–H groups in total. The number of aromatic nitrogens is 4. The van der Waals surface area contributed by atoms with Crippen molar-refractivity contribution in [2.45, 2.75) is 50.7 Å². The van der Waals surface area contributed by atoms with Crippen molar-refractivity contribution in [3.05, 3.63) is 0 Å². The number of carbonyl (C=O) groups excluding carboxylic acids is 1. The normalized spacial score (nSPS) is 14.6. The molecule has 1 aliphatic carbocycles. The number of rotatable bonds is 8. The summed E-state index contributed by atoms with van der Waals surface area (Å²) in [6.45, 7) is 5.86. The molecule has 0 atom stereocenters. The highest BCUT2D eigenvalue weighted by molar-refractivity contribution is 7.99. The van der Waals surface area contributed by atoms with Crippen molar-refractivity contribution < 1.29 is 4.79 Å². The van der Waals surface area contributed by atoms with Crippen LogP contribution in [0.2, 0.25) is 0 Å². The van der Waals surface area contributed by atoms with Crippen molar-refractivity contribution in [1.82, 2.24) is 25.1 Å². The van der Waals surface area contributed by atoms with Gasteiger partial charge in [-0.05, 0) is 36.1 Å². The number of hydrogen-bond donors (Lipinski definition) is 0. The molecule has 0 bridgehead atoms. The lowest BCUT2D eigenvalue weighted by atomic mass is 10.3. The van der Waals surface area contributed by atoms with Gasteiger partial charge in [-0.3, -0.25) is 4.79 Å². The zero-order valence-electron chi connectivity index (χ0n) is 11.6. The highest BCUT2D eigenvalue weighted by Crippen LogP contribution is 2.36. The Labute approximate surface area is 117 Å². The maximum absolute atomic E-state index is 12.1. The Hall–Kier alpha value is -1.11. The highest BCUT2D eigenvalue weighted by Gasteiger charge is 2.28. The Balaban J connectivity index is 1.86. The Bertz CT molecular complexity index is 412. The van der Waals surface area contributed by atoms with Gasteiger partial charge in [-0.25, -0.2) is 4.68 Å². The molecule has 1 heterocycles. The second kappa shape index (κ2) is 6.88. The first kappa shape index (κ1) is 14.3. The average Bonchev–Trinajstić information content (AvgIpc) is 3.15. The third-order valence-corrected chi connectivity index (χ3v) is 3.94. The smallest absolute Gasteiger partial charge is 0.233 e. The molecule has 2 rings (SSSR count). The molecule has 0 saturated heterocycles. The van der Waals surface area contributed by atoms with E-state index in [2.05, 4.69) is 29.4 Å². The van der Waals surface area contributed by atoms with Crippen LogP contribution >= 0.6 is 11.8 Å². The van der Waals surface area contributed by atoms with Crippen LogP contribution < -0.4 is 0 Å². The minimum atomic E-state index is 0.180. The van der Waals surface area contributed by atoms with E-state index in [9.17, 15) is 4.79 Å². The molecule has 0 aliphatic heterocycles. The van der Waals surface area contributed by atoms with Gasteiger partial charge in [-0.15, -0.1) is 5.10 Å². The van der Waals surface area contributed by atoms with Gasteiger partial charge in [0.2, 0.25) is 11.1 Å². The lowest BCUT2D eigenvalue weighted by Crippen LogP contribution is -2.33. The summed E-state index contributed by atoms with van der Waals surface area (Å²) < 4.78 is 1.85. The maximum atomic E-state index is 12.1. The van der Waals surface area contributed by atoms with Gasteiger partial charge in [0.1, 0.15) is 0 Å². The molecule has 1 amide bonds. The minimum Gasteiger partial charge on any atom is -0.342 e. The monoisotopic (exact) mass is 283 g/mol. The van der Waals surface area contributed by atoms with Crippen LogP contribution in [0.5, 0.6) is 0 Å². The first-order valence-electron chi connectivity index (χ1n) is 6.94. The van der Waals surface area contributed by atoms with E-state index < -0.39 is 0 Å². The van der Waals surface area contributed by atoms with E-state index in [1.165, 1.54) is 11.8 Å². The fraction of sp³-hybridized carbons (Fsp3) is 0.833. The fourth-order valence-electron chi connectivity index (χ4n) is 1.95. The molecule has 1 fully saturated rings. The molecule has 1 aromatic rings. The van der Waals surface area contributed by atoms with Crippen LogP contribution in [0.4, 0.5) is 0 Å². The predicted molar refractivity (Wildman–Crippen MR) is 74.0 cm³/mol. The van der Waals surface area contributed by atoms with Crippen molar-refractivity contribution in [2.24, 2.45) is 0 Å². The first-order chi connectivity index (χ1) is 9.26. The molecule has 19 heavy (non-hydrogen) atoms. The van der Waals surface area contributed by atoms with Crippen molar-refractivity contribution in [3.63, 3.8) is 0 Å². The molecule has 1 aromatic heterocycles. The van der Waals surface area contributed by atoms with E-state index in [4.69, 9.17) is 0 Å². The fourth-order valence-corrected chi connectivity index (χ4v) is 2.79. The van der Waals surface area contributed by atoms with Crippen LogP contribution in [0.15, 0.2) is 5.16 Å². The van der Waals surface area contributed by atoms with Gasteiger partial charge < -0.3 is 4.90 Å². The van der Waals surface area contributed by atoms with Crippen LogP contribution in [-0.4, -0.2) is 49.9 Å². The van der Waals surface area contributed by atoms with Gasteiger partial charge in [0, 0.05) is 13.1 Å². The quantitative estimate of drug-likeness (QED) is 0.680. The summed E-state index contributed by atoms with van der Waals surface area (Å²) in [5.74, 6) is 0.603. The average molecular weight is 283 g/mol. The third kappa shape index (κ3) is 3.92. The SMILES string of the molecule is CCCN(CCC)C(=O)CSc1nnnn1C1CC1. The molecular weight excluding hydrogens is 262 g/mol. The Morgan fingerprint density at radius 2 is 2.05 bits per heavy atom. The van der Waals surface area contributed by atoms with Gasteiger partial charge in [-0.1, -0.05) is 25.6 Å². The lowest BCUT2D eigenvalue weighted by Gasteiger charge is -2.20. The predicted octanol–water partition coefficient (Wildman–Crippen LogP) is 1.75. The molecule has 106 valence electrons. The summed E-state index contributed by atoms with van der Waals surface area (Å²) >= 11 is 1.45. The van der Waals surface area contributed by atoms with Crippen LogP contribution in [-0.2, 0) is 4.79 Å². The second-order valence-corrected chi connectivity index (χ2v) is 5.75. The maximum Gasteiger partial charge on any atom is 0.233 e. The van der Waals surface area contributed by atoms with Gasteiger partial charge in [-0.2, -0.15) is 0 Å². The largest absolute Gasteiger partial charge is 0.342 e. The van der Waals surface area contributed by atoms with Crippen LogP contribution in [0.25, 0.3) is 0 Å². The van der Waals surface area contributed by atoms with Gasteiger partial charge in [0.25, 0.3) is 0 Å². The number of carbonyl (C=O) groups is 1. The van der Waals surface area contributed by atoms with E-state index >= 15 is 0 Å². The molecule has 6 nitrogen and oxygen atoms in total. The zero-order chi connectivity index (χ0) is 13.7. The molecule has 1 saturated carbocycles. The molecule has 0 radical (unpaired) electrons. The molecular formula is C12H21N5OS. The lowest BCUT2D eigenvalue weighted by molar-refractivity contribution is -0.128. The van der Waals surface area contributed by atoms with Crippen molar-refractivity contribution in [1.29, 1.82) is 0 Å². The first-order valence-corrected chi connectivity index (χ1v) is 7.93. The summed E-state index contributed by atoms with van der Waals surface area (Å²) in [5.41, 5.74) is 0. The Morgan fingerprint density at radius 1 is 1.37 bits per heavy atom. The molecule has 0 aromatic carbocycles. The van der Waals surface area contributed by atoms with E-state index in [-0.39, 0.29) is 5.91 Å². The summed E-state index contributed by atoms with van der Waals surface area (Å²) in [7, 11) is 0. The standard InChI is InChI=1S/C12H21N5OS/c1-3-7-16(8-4-2)11(18)9-19-12-13-14-15-17(12)10-5-6-10/h10H,3-9H2,1-2H3. The number of hydrogen-bond acceptors (Lipinski definition) is 5. The van der Waals surface area contributed by atoms with Gasteiger partial charge >= 0.3 is 0 Å². The topological polar surface area (TPSA) is 63.9 Å². The number of nitrogens with zero attached hydrogens (tertiary/aromatic N) is 5. The van der Waals surface area contributed by atoms with Crippen LogP contribution in [0.3, 0.4) is 0 Å².